The van der Waals surface area contributed by atoms with Crippen LogP contribution >= 0.6 is 0 Å². The molecule has 1 aromatic rings. The van der Waals surface area contributed by atoms with E-state index in [1.807, 2.05) is 12.1 Å². The largest absolute Gasteiger partial charge is 0.324 e. The average Bonchev–Trinajstić information content (AvgIpc) is 2.30. The molecule has 0 aliphatic carbocycles. The molecule has 4 nitrogen and oxygen atoms in total. The van der Waals surface area contributed by atoms with Crippen LogP contribution in [0.5, 0.6) is 0 Å². The summed E-state index contributed by atoms with van der Waals surface area (Å²) < 4.78 is 22.5. The Morgan fingerprint density at radius 2 is 2.25 bits per heavy atom. The first-order chi connectivity index (χ1) is 7.55. The quantitative estimate of drug-likeness (QED) is 0.816. The predicted octanol–water partition coefficient (Wildman–Crippen LogP) is 1.30. The van der Waals surface area contributed by atoms with Crippen molar-refractivity contribution in [1.29, 1.82) is 0 Å². The Hall–Kier alpha value is -0.940. The van der Waals surface area contributed by atoms with E-state index in [9.17, 15) is 8.42 Å². The van der Waals surface area contributed by atoms with Crippen LogP contribution in [-0.4, -0.2) is 24.9 Å². The molecule has 0 amide bonds. The predicted molar refractivity (Wildman–Crippen MR) is 64.7 cm³/mol. The molecule has 1 rings (SSSR count). The third-order valence-electron chi connectivity index (χ3n) is 2.52. The summed E-state index contributed by atoms with van der Waals surface area (Å²) >= 11 is 0. The molecule has 0 spiro atoms. The van der Waals surface area contributed by atoms with E-state index in [2.05, 4.69) is 4.98 Å². The number of hydrogen-bond acceptors (Lipinski definition) is 4. The second kappa shape index (κ2) is 5.96. The molecular weight excluding hydrogens is 224 g/mol. The van der Waals surface area contributed by atoms with Gasteiger partial charge in [-0.1, -0.05) is 13.0 Å². The van der Waals surface area contributed by atoms with Crippen LogP contribution in [0.25, 0.3) is 0 Å². The van der Waals surface area contributed by atoms with E-state index in [1.54, 1.807) is 19.3 Å². The zero-order chi connectivity index (χ0) is 12.0. The van der Waals surface area contributed by atoms with Gasteiger partial charge < -0.3 is 5.73 Å². The average molecular weight is 242 g/mol. The Morgan fingerprint density at radius 1 is 1.50 bits per heavy atom. The normalized spacial score (nSPS) is 13.6. The zero-order valence-corrected chi connectivity index (χ0v) is 10.3. The third-order valence-corrected chi connectivity index (χ3v) is 4.31. The van der Waals surface area contributed by atoms with Crippen LogP contribution in [0, 0.1) is 0 Å². The Balaban J connectivity index is 2.40. The number of rotatable bonds is 6. The molecule has 1 unspecified atom stereocenters. The first-order valence-electron chi connectivity index (χ1n) is 5.41. The van der Waals surface area contributed by atoms with Crippen molar-refractivity contribution < 1.29 is 8.42 Å². The Labute approximate surface area is 96.8 Å². The highest BCUT2D eigenvalue weighted by atomic mass is 32.2. The fraction of sp³-hybridized carbons (Fsp3) is 0.545. The summed E-state index contributed by atoms with van der Waals surface area (Å²) in [6.07, 6.45) is 4.69. The second-order valence-corrected chi connectivity index (χ2v) is 6.24. The van der Waals surface area contributed by atoms with Crippen molar-refractivity contribution in [1.82, 2.24) is 4.98 Å². The molecule has 2 N–H and O–H groups in total. The maximum atomic E-state index is 11.3. The van der Waals surface area contributed by atoms with Gasteiger partial charge in [0.2, 0.25) is 0 Å². The van der Waals surface area contributed by atoms with Gasteiger partial charge >= 0.3 is 0 Å². The van der Waals surface area contributed by atoms with Gasteiger partial charge in [0.1, 0.15) is 9.84 Å². The number of pyridine rings is 1. The van der Waals surface area contributed by atoms with Crippen molar-refractivity contribution in [2.45, 2.75) is 25.8 Å². The van der Waals surface area contributed by atoms with Crippen LogP contribution in [0.2, 0.25) is 0 Å². The van der Waals surface area contributed by atoms with Crippen LogP contribution in [0.4, 0.5) is 0 Å². The Bertz CT molecular complexity index is 403. The SMILES string of the molecule is CCS(=O)(=O)CCCC(N)c1cccnc1. The number of nitrogens with zero attached hydrogens (tertiary/aromatic N) is 1. The van der Waals surface area contributed by atoms with E-state index in [1.165, 1.54) is 0 Å². The summed E-state index contributed by atoms with van der Waals surface area (Å²) in [7, 11) is -2.87. The van der Waals surface area contributed by atoms with Crippen molar-refractivity contribution in [3.8, 4) is 0 Å². The topological polar surface area (TPSA) is 73.0 Å². The Morgan fingerprint density at radius 3 is 2.81 bits per heavy atom. The maximum absolute atomic E-state index is 11.3. The molecule has 1 atom stereocenters. The first kappa shape index (κ1) is 13.1. The van der Waals surface area contributed by atoms with Crippen LogP contribution < -0.4 is 5.73 Å². The second-order valence-electron chi connectivity index (χ2n) is 3.77. The van der Waals surface area contributed by atoms with Crippen LogP contribution in [0.3, 0.4) is 0 Å². The molecule has 0 aromatic carbocycles. The Kier molecular flexibility index (Phi) is 4.89. The van der Waals surface area contributed by atoms with Gasteiger partial charge in [-0.05, 0) is 24.5 Å². The van der Waals surface area contributed by atoms with Crippen molar-refractivity contribution in [2.24, 2.45) is 5.73 Å². The molecular formula is C11H18N2O2S. The lowest BCUT2D eigenvalue weighted by Crippen LogP contribution is -2.14. The van der Waals surface area contributed by atoms with Gasteiger partial charge in [-0.25, -0.2) is 8.42 Å². The lowest BCUT2D eigenvalue weighted by molar-refractivity contribution is 0.583. The summed E-state index contributed by atoms with van der Waals surface area (Å²) in [6.45, 7) is 1.66. The summed E-state index contributed by atoms with van der Waals surface area (Å²) in [5.74, 6) is 0.423. The van der Waals surface area contributed by atoms with Crippen LogP contribution in [0.1, 0.15) is 31.4 Å². The maximum Gasteiger partial charge on any atom is 0.150 e. The monoisotopic (exact) mass is 242 g/mol. The van der Waals surface area contributed by atoms with Crippen molar-refractivity contribution in [3.63, 3.8) is 0 Å². The smallest absolute Gasteiger partial charge is 0.150 e. The number of sulfone groups is 1. The highest BCUT2D eigenvalue weighted by Gasteiger charge is 2.10. The minimum absolute atomic E-state index is 0.124. The highest BCUT2D eigenvalue weighted by molar-refractivity contribution is 7.91. The molecule has 0 saturated carbocycles. The van der Waals surface area contributed by atoms with E-state index in [4.69, 9.17) is 5.73 Å². The van der Waals surface area contributed by atoms with E-state index < -0.39 is 9.84 Å². The number of hydrogen-bond donors (Lipinski definition) is 1. The van der Waals surface area contributed by atoms with Crippen LogP contribution in [0.15, 0.2) is 24.5 Å². The third kappa shape index (κ3) is 4.28. The molecule has 0 fully saturated rings. The molecule has 0 aliphatic heterocycles. The molecule has 0 saturated heterocycles. The van der Waals surface area contributed by atoms with Gasteiger partial charge in [0.15, 0.2) is 0 Å². The number of aromatic nitrogens is 1. The van der Waals surface area contributed by atoms with Gasteiger partial charge in [0, 0.05) is 24.2 Å². The standard InChI is InChI=1S/C11H18N2O2S/c1-2-16(14,15)8-4-6-11(12)10-5-3-7-13-9-10/h3,5,7,9,11H,2,4,6,8,12H2,1H3. The fourth-order valence-corrected chi connectivity index (χ4v) is 2.32. The van der Waals surface area contributed by atoms with Crippen molar-refractivity contribution >= 4 is 9.84 Å². The fourth-order valence-electron chi connectivity index (χ4n) is 1.43. The van der Waals surface area contributed by atoms with Gasteiger partial charge in [0.05, 0.1) is 5.75 Å². The summed E-state index contributed by atoms with van der Waals surface area (Å²) in [5, 5.41) is 0. The van der Waals surface area contributed by atoms with E-state index in [0.29, 0.717) is 12.8 Å². The molecule has 0 radical (unpaired) electrons. The summed E-state index contributed by atoms with van der Waals surface area (Å²) in [6, 6.07) is 3.62. The highest BCUT2D eigenvalue weighted by Crippen LogP contribution is 2.14. The van der Waals surface area contributed by atoms with Crippen LogP contribution in [-0.2, 0) is 9.84 Å². The molecule has 1 heterocycles. The zero-order valence-electron chi connectivity index (χ0n) is 9.46. The number of nitrogens with two attached hydrogens (primary N) is 1. The van der Waals surface area contributed by atoms with Gasteiger partial charge in [-0.3, -0.25) is 4.98 Å². The lowest BCUT2D eigenvalue weighted by atomic mass is 10.1. The van der Waals surface area contributed by atoms with Gasteiger partial charge in [0.25, 0.3) is 0 Å². The molecule has 1 aromatic heterocycles. The summed E-state index contributed by atoms with van der Waals surface area (Å²) in [4.78, 5) is 3.98. The van der Waals surface area contributed by atoms with E-state index >= 15 is 0 Å². The minimum Gasteiger partial charge on any atom is -0.324 e. The molecule has 90 valence electrons. The lowest BCUT2D eigenvalue weighted by Gasteiger charge is -2.10. The van der Waals surface area contributed by atoms with Gasteiger partial charge in [-0.2, -0.15) is 0 Å². The van der Waals surface area contributed by atoms with Crippen molar-refractivity contribution in [2.75, 3.05) is 11.5 Å². The molecule has 5 heteroatoms. The first-order valence-corrected chi connectivity index (χ1v) is 7.23. The van der Waals surface area contributed by atoms with E-state index in [0.717, 1.165) is 5.56 Å². The molecule has 16 heavy (non-hydrogen) atoms. The van der Waals surface area contributed by atoms with E-state index in [-0.39, 0.29) is 17.5 Å². The van der Waals surface area contributed by atoms with Crippen molar-refractivity contribution in [3.05, 3.63) is 30.1 Å². The van der Waals surface area contributed by atoms with Gasteiger partial charge in [-0.15, -0.1) is 0 Å². The minimum atomic E-state index is -2.87. The molecule has 0 bridgehead atoms. The summed E-state index contributed by atoms with van der Waals surface area (Å²) in [5.41, 5.74) is 6.89. The molecule has 0 aliphatic rings.